The lowest BCUT2D eigenvalue weighted by molar-refractivity contribution is 0.670. The van der Waals surface area contributed by atoms with Gasteiger partial charge in [0.2, 0.25) is 0 Å². The molecule has 0 aliphatic rings. The number of hydrogen-bond acceptors (Lipinski definition) is 5. The van der Waals surface area contributed by atoms with E-state index in [-0.39, 0.29) is 0 Å². The van der Waals surface area contributed by atoms with Crippen molar-refractivity contribution in [1.29, 1.82) is 0 Å². The second kappa shape index (κ2) is 12.6. The van der Waals surface area contributed by atoms with Crippen molar-refractivity contribution in [2.45, 2.75) is 0 Å². The summed E-state index contributed by atoms with van der Waals surface area (Å²) in [5, 5.41) is 7.13. The number of nitrogens with zero attached hydrogens (tertiary/aromatic N) is 4. The van der Waals surface area contributed by atoms with Crippen LogP contribution in [0.25, 0.3) is 115 Å². The van der Waals surface area contributed by atoms with Crippen LogP contribution in [0.3, 0.4) is 0 Å². The largest absolute Gasteiger partial charge is 0.455 e. The molecule has 0 atom stereocenters. The minimum Gasteiger partial charge on any atom is -0.455 e. The zero-order chi connectivity index (χ0) is 37.5. The normalized spacial score (nSPS) is 11.9. The molecule has 0 radical (unpaired) electrons. The molecule has 5 nitrogen and oxygen atoms in total. The fourth-order valence-electron chi connectivity index (χ4n) is 8.45. The Labute approximate surface area is 330 Å². The summed E-state index contributed by atoms with van der Waals surface area (Å²) in [6, 6.07) is 63.8. The maximum atomic E-state index is 6.82. The molecule has 12 rings (SSSR count). The first-order chi connectivity index (χ1) is 28.2. The fourth-order valence-corrected chi connectivity index (χ4v) is 9.55. The van der Waals surface area contributed by atoms with Crippen molar-refractivity contribution in [3.8, 4) is 51.0 Å². The molecule has 0 fully saturated rings. The number of hydrogen-bond donors (Lipinski definition) is 0. The highest BCUT2D eigenvalue weighted by Crippen LogP contribution is 2.44. The highest BCUT2D eigenvalue weighted by atomic mass is 32.1. The molecule has 266 valence electrons. The van der Waals surface area contributed by atoms with E-state index < -0.39 is 0 Å². The third-order valence-electron chi connectivity index (χ3n) is 11.1. The summed E-state index contributed by atoms with van der Waals surface area (Å²) >= 11 is 1.84. The van der Waals surface area contributed by atoms with Crippen molar-refractivity contribution >= 4 is 75.3 Å². The first-order valence-corrected chi connectivity index (χ1v) is 19.8. The van der Waals surface area contributed by atoms with Gasteiger partial charge in [-0.1, -0.05) is 133 Å². The predicted molar refractivity (Wildman–Crippen MR) is 236 cm³/mol. The van der Waals surface area contributed by atoms with Gasteiger partial charge in [0.05, 0.1) is 16.7 Å². The topological polar surface area (TPSA) is 56.7 Å². The van der Waals surface area contributed by atoms with Crippen LogP contribution in [0, 0.1) is 0 Å². The highest BCUT2D eigenvalue weighted by molar-refractivity contribution is 7.25. The third kappa shape index (κ3) is 5.04. The maximum Gasteiger partial charge on any atom is 0.164 e. The van der Waals surface area contributed by atoms with Gasteiger partial charge in [-0.3, -0.25) is 0 Å². The Balaban J connectivity index is 1.02. The Morgan fingerprint density at radius 3 is 1.70 bits per heavy atom. The molecule has 0 saturated carbocycles. The molecule has 0 aliphatic heterocycles. The minimum absolute atomic E-state index is 0.596. The van der Waals surface area contributed by atoms with E-state index in [1.54, 1.807) is 0 Å². The lowest BCUT2D eigenvalue weighted by Gasteiger charge is -2.10. The van der Waals surface area contributed by atoms with Crippen LogP contribution < -0.4 is 0 Å². The summed E-state index contributed by atoms with van der Waals surface area (Å²) < 4.78 is 11.8. The molecule has 0 saturated heterocycles. The monoisotopic (exact) mass is 746 g/mol. The Morgan fingerprint density at radius 1 is 0.404 bits per heavy atom. The van der Waals surface area contributed by atoms with E-state index >= 15 is 0 Å². The Morgan fingerprint density at radius 2 is 1.00 bits per heavy atom. The molecule has 6 heteroatoms. The molecule has 4 heterocycles. The molecule has 12 aromatic rings. The van der Waals surface area contributed by atoms with E-state index in [1.807, 2.05) is 72.0 Å². The maximum absolute atomic E-state index is 6.82. The van der Waals surface area contributed by atoms with E-state index in [0.29, 0.717) is 17.5 Å². The van der Waals surface area contributed by atoms with Gasteiger partial charge in [-0.2, -0.15) is 0 Å². The molecule has 57 heavy (non-hydrogen) atoms. The quantitative estimate of drug-likeness (QED) is 0.176. The van der Waals surface area contributed by atoms with Gasteiger partial charge in [-0.15, -0.1) is 11.3 Å². The number of aromatic nitrogens is 4. The molecule has 0 amide bonds. The van der Waals surface area contributed by atoms with E-state index in [1.165, 1.54) is 47.7 Å². The lowest BCUT2D eigenvalue weighted by atomic mass is 10.00. The number of furan rings is 1. The summed E-state index contributed by atoms with van der Waals surface area (Å²) in [7, 11) is 0. The summed E-state index contributed by atoms with van der Waals surface area (Å²) in [5.74, 6) is 1.85. The van der Waals surface area contributed by atoms with E-state index in [2.05, 4.69) is 126 Å². The summed E-state index contributed by atoms with van der Waals surface area (Å²) in [6.07, 6.45) is 0. The number of benzene rings is 8. The van der Waals surface area contributed by atoms with Crippen LogP contribution in [0.4, 0.5) is 0 Å². The average Bonchev–Trinajstić information content (AvgIpc) is 3.96. The zero-order valence-corrected chi connectivity index (χ0v) is 31.2. The van der Waals surface area contributed by atoms with Gasteiger partial charge < -0.3 is 8.98 Å². The molecule has 4 aromatic heterocycles. The van der Waals surface area contributed by atoms with E-state index in [0.717, 1.165) is 49.8 Å². The van der Waals surface area contributed by atoms with Crippen molar-refractivity contribution in [2.24, 2.45) is 0 Å². The van der Waals surface area contributed by atoms with Crippen LogP contribution in [0.5, 0.6) is 0 Å². The molecular formula is C51H30N4OS. The highest BCUT2D eigenvalue weighted by Gasteiger charge is 2.19. The minimum atomic E-state index is 0.596. The second-order valence-corrected chi connectivity index (χ2v) is 15.5. The van der Waals surface area contributed by atoms with Crippen LogP contribution in [0.1, 0.15) is 0 Å². The number of thiophene rings is 1. The zero-order valence-electron chi connectivity index (χ0n) is 30.4. The van der Waals surface area contributed by atoms with Crippen molar-refractivity contribution in [3.63, 3.8) is 0 Å². The smallest absolute Gasteiger partial charge is 0.164 e. The van der Waals surface area contributed by atoms with Gasteiger partial charge in [0.15, 0.2) is 17.5 Å². The molecule has 0 unspecified atom stereocenters. The molecule has 0 N–H and O–H groups in total. The number of para-hydroxylation sites is 3. The van der Waals surface area contributed by atoms with E-state index in [4.69, 9.17) is 19.4 Å². The van der Waals surface area contributed by atoms with Crippen molar-refractivity contribution in [2.75, 3.05) is 0 Å². The predicted octanol–water partition coefficient (Wildman–Crippen LogP) is 13.9. The molecule has 0 aliphatic carbocycles. The summed E-state index contributed by atoms with van der Waals surface area (Å²) in [4.78, 5) is 14.8. The van der Waals surface area contributed by atoms with Crippen molar-refractivity contribution in [3.05, 3.63) is 182 Å². The van der Waals surface area contributed by atoms with Crippen LogP contribution >= 0.6 is 11.3 Å². The van der Waals surface area contributed by atoms with Crippen LogP contribution in [0.15, 0.2) is 186 Å². The first-order valence-electron chi connectivity index (χ1n) is 19.0. The lowest BCUT2D eigenvalue weighted by Crippen LogP contribution is -2.00. The van der Waals surface area contributed by atoms with Crippen molar-refractivity contribution < 1.29 is 4.42 Å². The summed E-state index contributed by atoms with van der Waals surface area (Å²) in [5.41, 5.74) is 10.1. The van der Waals surface area contributed by atoms with Gasteiger partial charge in [-0.25, -0.2) is 15.0 Å². The first kappa shape index (κ1) is 31.9. The van der Waals surface area contributed by atoms with Gasteiger partial charge in [0.25, 0.3) is 0 Å². The summed E-state index contributed by atoms with van der Waals surface area (Å²) in [6.45, 7) is 0. The van der Waals surface area contributed by atoms with E-state index in [9.17, 15) is 0 Å². The average molecular weight is 747 g/mol. The number of fused-ring (bicyclic) bond motifs is 9. The second-order valence-electron chi connectivity index (χ2n) is 14.4. The van der Waals surface area contributed by atoms with Gasteiger partial charge in [0.1, 0.15) is 11.2 Å². The van der Waals surface area contributed by atoms with Crippen LogP contribution in [0.2, 0.25) is 0 Å². The molecule has 0 bridgehead atoms. The number of rotatable bonds is 5. The van der Waals surface area contributed by atoms with Gasteiger partial charge in [-0.05, 0) is 54.1 Å². The fraction of sp³-hybridized carbons (Fsp3) is 0. The molecule has 8 aromatic carbocycles. The van der Waals surface area contributed by atoms with Crippen molar-refractivity contribution in [1.82, 2.24) is 19.5 Å². The van der Waals surface area contributed by atoms with Gasteiger partial charge in [0, 0.05) is 64.0 Å². The van der Waals surface area contributed by atoms with Crippen LogP contribution in [-0.4, -0.2) is 19.5 Å². The Kier molecular flexibility index (Phi) is 7.03. The third-order valence-corrected chi connectivity index (χ3v) is 12.2. The standard InChI is InChI=1S/C51H30N4OS/c1-3-13-31(14-4-1)49-52-50(32-15-5-2-6-16-32)54-51(53-49)34-25-27-38-39-20-11-19-35(48(39)56-44(38)30-34)33-26-28-45-40(29-33)47-43(23-12-24-46(47)57-45)55-41-21-9-7-17-36(41)37-18-8-10-22-42(37)55/h1-30H. The Bertz CT molecular complexity index is 3420. The molecule has 0 spiro atoms. The van der Waals surface area contributed by atoms with Crippen LogP contribution in [-0.2, 0) is 0 Å². The van der Waals surface area contributed by atoms with Gasteiger partial charge >= 0.3 is 0 Å². The molecular weight excluding hydrogens is 717 g/mol. The Hall–Kier alpha value is -7.41. The SMILES string of the molecule is c1ccc(-c2nc(-c3ccccc3)nc(-c3ccc4c(c3)oc3c(-c5ccc6sc7cccc(-n8c9ccccc9c9ccccc98)c7c6c5)cccc34)n2)cc1.